The van der Waals surface area contributed by atoms with Gasteiger partial charge in [-0.1, -0.05) is 12.1 Å². The topological polar surface area (TPSA) is 39.7 Å². The van der Waals surface area contributed by atoms with Gasteiger partial charge < -0.3 is 10.6 Å². The molecule has 0 saturated carbocycles. The van der Waals surface area contributed by atoms with Crippen molar-refractivity contribution in [2.75, 3.05) is 27.2 Å². The Hall–Kier alpha value is -1.26. The lowest BCUT2D eigenvalue weighted by atomic mass is 9.88. The van der Waals surface area contributed by atoms with Crippen molar-refractivity contribution < 1.29 is 8.78 Å². The van der Waals surface area contributed by atoms with E-state index in [2.05, 4.69) is 45.1 Å². The van der Waals surface area contributed by atoms with Crippen LogP contribution in [0.5, 0.6) is 0 Å². The van der Waals surface area contributed by atoms with Crippen molar-refractivity contribution in [3.8, 4) is 0 Å². The lowest BCUT2D eigenvalue weighted by molar-refractivity contribution is 0.125. The standard InChI is InChI=1S/C21H28F2N4S.HI/c1-14(17-9-8-16(22)12-18(17)23)26-21(24-2)25-13-15-6-4-10-27(3)20(15)19-7-5-11-28-19;/h5,7-9,11-12,14-15,20H,4,6,10,13H2,1-3H3,(H2,24,25,26);1H. The van der Waals surface area contributed by atoms with E-state index in [0.717, 1.165) is 25.6 Å². The maximum atomic E-state index is 14.0. The van der Waals surface area contributed by atoms with Crippen LogP contribution in [0.2, 0.25) is 0 Å². The molecule has 1 aliphatic rings. The number of thiophene rings is 1. The van der Waals surface area contributed by atoms with Crippen molar-refractivity contribution in [3.05, 3.63) is 57.8 Å². The molecule has 2 N–H and O–H groups in total. The molecule has 1 fully saturated rings. The van der Waals surface area contributed by atoms with Crippen molar-refractivity contribution in [1.82, 2.24) is 15.5 Å². The predicted molar refractivity (Wildman–Crippen MR) is 127 cm³/mol. The third-order valence-electron chi connectivity index (χ3n) is 5.38. The smallest absolute Gasteiger partial charge is 0.191 e. The second-order valence-corrected chi connectivity index (χ2v) is 8.31. The zero-order valence-corrected chi connectivity index (χ0v) is 20.1. The quantitative estimate of drug-likeness (QED) is 0.324. The molecular formula is C21H29F2IN4S. The van der Waals surface area contributed by atoms with Crippen LogP contribution < -0.4 is 10.6 Å². The Kier molecular flexibility index (Phi) is 9.29. The van der Waals surface area contributed by atoms with Crippen LogP contribution in [-0.4, -0.2) is 38.0 Å². The number of aliphatic imine (C=N–C) groups is 1. The summed E-state index contributed by atoms with van der Waals surface area (Å²) in [5.74, 6) is -0.0395. The van der Waals surface area contributed by atoms with Crippen LogP contribution in [0, 0.1) is 17.6 Å². The molecule has 2 aromatic rings. The van der Waals surface area contributed by atoms with Crippen LogP contribution in [0.1, 0.15) is 42.3 Å². The molecule has 4 nitrogen and oxygen atoms in total. The molecule has 0 radical (unpaired) electrons. The Labute approximate surface area is 192 Å². The van der Waals surface area contributed by atoms with Gasteiger partial charge >= 0.3 is 0 Å². The fraction of sp³-hybridized carbons (Fsp3) is 0.476. The molecule has 3 atom stereocenters. The van der Waals surface area contributed by atoms with Gasteiger partial charge in [-0.15, -0.1) is 35.3 Å². The highest BCUT2D eigenvalue weighted by molar-refractivity contribution is 14.0. The van der Waals surface area contributed by atoms with Gasteiger partial charge in [0.05, 0.1) is 6.04 Å². The van der Waals surface area contributed by atoms with Crippen molar-refractivity contribution in [1.29, 1.82) is 0 Å². The summed E-state index contributed by atoms with van der Waals surface area (Å²) < 4.78 is 27.2. The van der Waals surface area contributed by atoms with Crippen molar-refractivity contribution >= 4 is 41.3 Å². The van der Waals surface area contributed by atoms with Crippen LogP contribution in [0.3, 0.4) is 0 Å². The van der Waals surface area contributed by atoms with E-state index < -0.39 is 11.6 Å². The van der Waals surface area contributed by atoms with E-state index in [1.807, 2.05) is 6.92 Å². The molecule has 0 amide bonds. The first-order chi connectivity index (χ1) is 13.5. The monoisotopic (exact) mass is 534 g/mol. The van der Waals surface area contributed by atoms with E-state index in [1.54, 1.807) is 18.4 Å². The SMILES string of the molecule is CN=C(NCC1CCCN(C)C1c1cccs1)NC(C)c1ccc(F)cc1F.I. The summed E-state index contributed by atoms with van der Waals surface area (Å²) in [6.07, 6.45) is 2.33. The molecule has 1 saturated heterocycles. The molecule has 1 aliphatic heterocycles. The van der Waals surface area contributed by atoms with E-state index in [-0.39, 0.29) is 30.0 Å². The van der Waals surface area contributed by atoms with E-state index in [0.29, 0.717) is 23.5 Å². The van der Waals surface area contributed by atoms with Crippen LogP contribution in [0.25, 0.3) is 0 Å². The summed E-state index contributed by atoms with van der Waals surface area (Å²) in [5, 5.41) is 8.74. The van der Waals surface area contributed by atoms with Gasteiger partial charge in [-0.2, -0.15) is 0 Å². The average Bonchev–Trinajstić information content (AvgIpc) is 3.19. The van der Waals surface area contributed by atoms with Crippen LogP contribution >= 0.6 is 35.3 Å². The Morgan fingerprint density at radius 3 is 2.79 bits per heavy atom. The number of likely N-dealkylation sites (tertiary alicyclic amines) is 1. The highest BCUT2D eigenvalue weighted by Gasteiger charge is 2.31. The maximum absolute atomic E-state index is 14.0. The molecule has 0 spiro atoms. The second kappa shape index (κ2) is 11.2. The first-order valence-electron chi connectivity index (χ1n) is 9.65. The first-order valence-corrected chi connectivity index (χ1v) is 10.5. The van der Waals surface area contributed by atoms with E-state index >= 15 is 0 Å². The molecule has 8 heteroatoms. The third kappa shape index (κ3) is 6.11. The van der Waals surface area contributed by atoms with Crippen LogP contribution in [-0.2, 0) is 0 Å². The van der Waals surface area contributed by atoms with E-state index in [9.17, 15) is 8.78 Å². The molecule has 0 aliphatic carbocycles. The van der Waals surface area contributed by atoms with Gasteiger partial charge in [0.15, 0.2) is 5.96 Å². The fourth-order valence-corrected chi connectivity index (χ4v) is 4.92. The third-order valence-corrected chi connectivity index (χ3v) is 6.32. The van der Waals surface area contributed by atoms with Crippen LogP contribution in [0.15, 0.2) is 40.7 Å². The lowest BCUT2D eigenvalue weighted by Crippen LogP contribution is -2.45. The number of nitrogens with zero attached hydrogens (tertiary/aromatic N) is 2. The van der Waals surface area contributed by atoms with Crippen molar-refractivity contribution in [2.45, 2.75) is 31.8 Å². The Morgan fingerprint density at radius 1 is 1.34 bits per heavy atom. The van der Waals surface area contributed by atoms with Gasteiger partial charge in [0.25, 0.3) is 0 Å². The van der Waals surface area contributed by atoms with Crippen molar-refractivity contribution in [3.63, 3.8) is 0 Å². The number of nitrogens with one attached hydrogen (secondary N) is 2. The Balaban J connectivity index is 0.00000300. The van der Waals surface area contributed by atoms with Gasteiger partial charge in [-0.25, -0.2) is 8.78 Å². The number of rotatable bonds is 5. The van der Waals surface area contributed by atoms with Gasteiger partial charge in [0, 0.05) is 36.1 Å². The van der Waals surface area contributed by atoms with Crippen molar-refractivity contribution in [2.24, 2.45) is 10.9 Å². The minimum atomic E-state index is -0.572. The molecule has 3 rings (SSSR count). The summed E-state index contributed by atoms with van der Waals surface area (Å²) in [6.45, 7) is 3.73. The van der Waals surface area contributed by atoms with Gasteiger partial charge in [-0.3, -0.25) is 9.89 Å². The molecule has 2 heterocycles. The summed E-state index contributed by atoms with van der Waals surface area (Å²) in [4.78, 5) is 8.09. The molecule has 1 aromatic heterocycles. The summed E-state index contributed by atoms with van der Waals surface area (Å²) in [7, 11) is 3.88. The number of hydrogen-bond acceptors (Lipinski definition) is 3. The molecule has 1 aromatic carbocycles. The number of piperidine rings is 1. The summed E-state index contributed by atoms with van der Waals surface area (Å²) in [5.41, 5.74) is 0.415. The highest BCUT2D eigenvalue weighted by atomic mass is 127. The van der Waals surface area contributed by atoms with E-state index in [4.69, 9.17) is 0 Å². The minimum Gasteiger partial charge on any atom is -0.356 e. The second-order valence-electron chi connectivity index (χ2n) is 7.33. The largest absolute Gasteiger partial charge is 0.356 e. The number of halogens is 3. The fourth-order valence-electron chi connectivity index (χ4n) is 3.94. The Morgan fingerprint density at radius 2 is 2.14 bits per heavy atom. The van der Waals surface area contributed by atoms with E-state index in [1.165, 1.54) is 23.4 Å². The highest BCUT2D eigenvalue weighted by Crippen LogP contribution is 2.36. The zero-order chi connectivity index (χ0) is 20.1. The molecule has 160 valence electrons. The predicted octanol–water partition coefficient (Wildman–Crippen LogP) is 4.95. The number of benzene rings is 1. The van der Waals surface area contributed by atoms with Gasteiger partial charge in [0.1, 0.15) is 11.6 Å². The average molecular weight is 534 g/mol. The van der Waals surface area contributed by atoms with Crippen LogP contribution in [0.4, 0.5) is 8.78 Å². The summed E-state index contributed by atoms with van der Waals surface area (Å²) >= 11 is 1.80. The zero-order valence-electron chi connectivity index (χ0n) is 17.0. The lowest BCUT2D eigenvalue weighted by Gasteiger charge is -2.39. The molecule has 3 unspecified atom stereocenters. The normalized spacial score (nSPS) is 21.3. The molecule has 0 bridgehead atoms. The maximum Gasteiger partial charge on any atom is 0.191 e. The van der Waals surface area contributed by atoms with Gasteiger partial charge in [0.2, 0.25) is 0 Å². The molecular weight excluding hydrogens is 505 g/mol. The number of hydrogen-bond donors (Lipinski definition) is 2. The minimum absolute atomic E-state index is 0. The molecule has 29 heavy (non-hydrogen) atoms. The number of guanidine groups is 1. The first kappa shape index (κ1) is 24.0. The van der Waals surface area contributed by atoms with Gasteiger partial charge in [-0.05, 0) is 56.8 Å². The summed E-state index contributed by atoms with van der Waals surface area (Å²) in [6, 6.07) is 8.03. The Bertz CT molecular complexity index is 800.